The topological polar surface area (TPSA) is 63.1 Å². The van der Waals surface area contributed by atoms with Gasteiger partial charge in [-0.05, 0) is 83.4 Å². The lowest BCUT2D eigenvalue weighted by molar-refractivity contribution is 0.313. The fraction of sp³-hybridized carbons (Fsp3) is 0.269. The lowest BCUT2D eigenvalue weighted by Crippen LogP contribution is -2.33. The molecule has 2 N–H and O–H groups in total. The van der Waals surface area contributed by atoms with Crippen molar-refractivity contribution in [2.75, 3.05) is 13.2 Å². The zero-order valence-corrected chi connectivity index (χ0v) is 20.1. The summed E-state index contributed by atoms with van der Waals surface area (Å²) >= 11 is 3.27. The molecule has 0 radical (unpaired) electrons. The van der Waals surface area contributed by atoms with Crippen LogP contribution < -0.4 is 14.8 Å². The van der Waals surface area contributed by atoms with Crippen molar-refractivity contribution in [2.24, 2.45) is 4.99 Å². The Morgan fingerprint density at radius 2 is 1.82 bits per heavy atom. The van der Waals surface area contributed by atoms with Crippen LogP contribution in [-0.4, -0.2) is 24.0 Å². The van der Waals surface area contributed by atoms with Crippen molar-refractivity contribution in [3.05, 3.63) is 87.6 Å². The number of phenols is 1. The molecule has 2 atom stereocenters. The van der Waals surface area contributed by atoms with Crippen LogP contribution in [0, 0.1) is 5.82 Å². The zero-order valence-electron chi connectivity index (χ0n) is 18.5. The molecule has 0 aliphatic carbocycles. The van der Waals surface area contributed by atoms with E-state index in [9.17, 15) is 9.50 Å². The van der Waals surface area contributed by atoms with Gasteiger partial charge in [-0.1, -0.05) is 18.2 Å². The summed E-state index contributed by atoms with van der Waals surface area (Å²) in [6, 6.07) is 18.0. The Balaban J connectivity index is 1.74. The van der Waals surface area contributed by atoms with Gasteiger partial charge in [-0.2, -0.15) is 0 Å². The molecule has 7 heteroatoms. The molecular weight excluding hydrogens is 487 g/mol. The van der Waals surface area contributed by atoms with Crippen LogP contribution in [0.4, 0.5) is 4.39 Å². The molecule has 172 valence electrons. The first-order chi connectivity index (χ1) is 16.0. The predicted octanol–water partition coefficient (Wildman–Crippen LogP) is 6.31. The van der Waals surface area contributed by atoms with Gasteiger partial charge < -0.3 is 14.6 Å². The maximum atomic E-state index is 13.9. The third-order valence-corrected chi connectivity index (χ3v) is 6.11. The van der Waals surface area contributed by atoms with Crippen molar-refractivity contribution in [1.29, 1.82) is 0 Å². The van der Waals surface area contributed by atoms with E-state index in [1.807, 2.05) is 50.2 Å². The molecule has 5 nitrogen and oxygen atoms in total. The highest BCUT2D eigenvalue weighted by atomic mass is 79.9. The van der Waals surface area contributed by atoms with E-state index >= 15 is 0 Å². The number of rotatable bonds is 7. The number of halogens is 2. The smallest absolute Gasteiger partial charge is 0.162 e. The lowest BCUT2D eigenvalue weighted by Gasteiger charge is -2.31. The van der Waals surface area contributed by atoms with Crippen molar-refractivity contribution >= 4 is 21.6 Å². The summed E-state index contributed by atoms with van der Waals surface area (Å²) in [6.07, 6.45) is 0.146. The summed E-state index contributed by atoms with van der Waals surface area (Å²) in [4.78, 5) is 4.94. The Morgan fingerprint density at radius 1 is 1.06 bits per heavy atom. The van der Waals surface area contributed by atoms with Gasteiger partial charge in [0.2, 0.25) is 0 Å². The normalized spacial score (nSPS) is 18.0. The standard InChI is InChI=1S/C26H26BrFN2O3/c1-3-32-18-11-8-16(9-12-18)22-15-23(19-6-5-7-24(25(19)31)33-4-2)30-26(29-22)17-10-13-21(28)20(27)14-17/h5-14,23,26,30-31H,3-4,15H2,1-2H3/t23-,26-/m0/s1. The van der Waals surface area contributed by atoms with Crippen LogP contribution >= 0.6 is 15.9 Å². The number of phenolic OH excluding ortho intramolecular Hbond substituents is 1. The number of benzene rings is 3. The van der Waals surface area contributed by atoms with E-state index < -0.39 is 6.17 Å². The molecule has 4 rings (SSSR count). The molecule has 0 unspecified atom stereocenters. The van der Waals surface area contributed by atoms with Crippen molar-refractivity contribution < 1.29 is 19.0 Å². The molecule has 0 fully saturated rings. The van der Waals surface area contributed by atoms with Crippen LogP contribution in [0.1, 0.15) is 49.2 Å². The molecule has 0 saturated heterocycles. The number of nitrogens with one attached hydrogen (secondary N) is 1. The van der Waals surface area contributed by atoms with E-state index in [0.717, 1.165) is 28.2 Å². The number of hydrogen-bond acceptors (Lipinski definition) is 5. The quantitative estimate of drug-likeness (QED) is 0.389. The lowest BCUT2D eigenvalue weighted by atomic mass is 9.93. The average molecular weight is 513 g/mol. The maximum absolute atomic E-state index is 13.9. The van der Waals surface area contributed by atoms with Crippen LogP contribution in [0.3, 0.4) is 0 Å². The summed E-state index contributed by atoms with van der Waals surface area (Å²) < 4.78 is 25.4. The van der Waals surface area contributed by atoms with E-state index in [2.05, 4.69) is 21.2 Å². The third-order valence-electron chi connectivity index (χ3n) is 5.50. The third kappa shape index (κ3) is 5.20. The second-order valence-electron chi connectivity index (χ2n) is 7.66. The molecular formula is C26H26BrFN2O3. The SMILES string of the molecule is CCOc1ccc(C2=N[C@H](c3ccc(F)c(Br)c3)N[C@H](c3cccc(OCC)c3O)C2)cc1. The highest BCUT2D eigenvalue weighted by Crippen LogP contribution is 2.39. The van der Waals surface area contributed by atoms with Crippen molar-refractivity contribution in [3.8, 4) is 17.2 Å². The van der Waals surface area contributed by atoms with Crippen molar-refractivity contribution in [2.45, 2.75) is 32.5 Å². The van der Waals surface area contributed by atoms with Crippen LogP contribution in [0.25, 0.3) is 0 Å². The molecule has 1 aliphatic heterocycles. The molecule has 3 aromatic carbocycles. The number of hydrogen-bond donors (Lipinski definition) is 2. The molecule has 0 bridgehead atoms. The van der Waals surface area contributed by atoms with Gasteiger partial charge in [-0.3, -0.25) is 10.3 Å². The van der Waals surface area contributed by atoms with Gasteiger partial charge in [-0.15, -0.1) is 0 Å². The van der Waals surface area contributed by atoms with Crippen LogP contribution in [0.2, 0.25) is 0 Å². The summed E-state index contributed by atoms with van der Waals surface area (Å²) in [6.45, 7) is 4.89. The monoisotopic (exact) mass is 512 g/mol. The molecule has 1 aliphatic rings. The van der Waals surface area contributed by atoms with Crippen LogP contribution in [-0.2, 0) is 0 Å². The average Bonchev–Trinajstić information content (AvgIpc) is 2.83. The van der Waals surface area contributed by atoms with Crippen molar-refractivity contribution in [3.63, 3.8) is 0 Å². The molecule has 33 heavy (non-hydrogen) atoms. The van der Waals surface area contributed by atoms with E-state index in [1.54, 1.807) is 18.2 Å². The van der Waals surface area contributed by atoms with E-state index in [-0.39, 0.29) is 17.6 Å². The van der Waals surface area contributed by atoms with E-state index in [0.29, 0.717) is 29.9 Å². The highest BCUT2D eigenvalue weighted by molar-refractivity contribution is 9.10. The Labute approximate surface area is 201 Å². The van der Waals surface area contributed by atoms with Gasteiger partial charge in [0.15, 0.2) is 11.5 Å². The summed E-state index contributed by atoms with van der Waals surface area (Å²) in [5, 5.41) is 14.4. The molecule has 0 aromatic heterocycles. The molecule has 0 spiro atoms. The first-order valence-corrected chi connectivity index (χ1v) is 11.7. The molecule has 0 saturated carbocycles. The Kier molecular flexibility index (Phi) is 7.30. The van der Waals surface area contributed by atoms with Gasteiger partial charge in [0, 0.05) is 23.7 Å². The van der Waals surface area contributed by atoms with E-state index in [1.165, 1.54) is 6.07 Å². The van der Waals surface area contributed by atoms with E-state index in [4.69, 9.17) is 14.5 Å². The molecule has 3 aromatic rings. The minimum Gasteiger partial charge on any atom is -0.504 e. The highest BCUT2D eigenvalue weighted by Gasteiger charge is 2.29. The summed E-state index contributed by atoms with van der Waals surface area (Å²) in [5.74, 6) is 1.03. The summed E-state index contributed by atoms with van der Waals surface area (Å²) in [5.41, 5.74) is 3.40. The van der Waals surface area contributed by atoms with Crippen LogP contribution in [0.5, 0.6) is 17.2 Å². The van der Waals surface area contributed by atoms with Crippen molar-refractivity contribution in [1.82, 2.24) is 5.32 Å². The number of aromatic hydroxyl groups is 1. The van der Waals surface area contributed by atoms with Crippen LogP contribution in [0.15, 0.2) is 70.1 Å². The fourth-order valence-corrected chi connectivity index (χ4v) is 4.33. The second-order valence-corrected chi connectivity index (χ2v) is 8.51. The Bertz CT molecular complexity index is 1150. The second kappa shape index (κ2) is 10.4. The van der Waals surface area contributed by atoms with Gasteiger partial charge in [-0.25, -0.2) is 4.39 Å². The number of ether oxygens (including phenoxy) is 2. The minimum absolute atomic E-state index is 0.115. The first kappa shape index (κ1) is 23.3. The number of para-hydroxylation sites is 1. The molecule has 0 amide bonds. The van der Waals surface area contributed by atoms with Gasteiger partial charge >= 0.3 is 0 Å². The fourth-order valence-electron chi connectivity index (χ4n) is 3.94. The summed E-state index contributed by atoms with van der Waals surface area (Å²) in [7, 11) is 0. The first-order valence-electron chi connectivity index (χ1n) is 11.0. The predicted molar refractivity (Wildman–Crippen MR) is 131 cm³/mol. The van der Waals surface area contributed by atoms with Gasteiger partial charge in [0.25, 0.3) is 0 Å². The number of aliphatic imine (C=N–C) groups is 1. The maximum Gasteiger partial charge on any atom is 0.162 e. The largest absolute Gasteiger partial charge is 0.504 e. The number of nitrogens with zero attached hydrogens (tertiary/aromatic N) is 1. The molecule has 1 heterocycles. The Hall–Kier alpha value is -2.90. The van der Waals surface area contributed by atoms with Gasteiger partial charge in [0.05, 0.1) is 17.7 Å². The Morgan fingerprint density at radius 3 is 2.52 bits per heavy atom. The minimum atomic E-state index is -0.419. The van der Waals surface area contributed by atoms with Gasteiger partial charge in [0.1, 0.15) is 17.7 Å². The zero-order chi connectivity index (χ0) is 23.4.